The van der Waals surface area contributed by atoms with Gasteiger partial charge in [-0.25, -0.2) is 14.8 Å². The number of methoxy groups -OCH3 is 1. The summed E-state index contributed by atoms with van der Waals surface area (Å²) in [6.45, 7) is 2.00. The average molecular weight is 562 g/mol. The zero-order valence-electron chi connectivity index (χ0n) is 20.6. The molecule has 0 aliphatic heterocycles. The molecule has 0 radical (unpaired) electrons. The zero-order valence-corrected chi connectivity index (χ0v) is 23.0. The summed E-state index contributed by atoms with van der Waals surface area (Å²) in [7, 11) is 1.64. The Morgan fingerprint density at radius 2 is 1.68 bits per heavy atom. The Labute approximate surface area is 231 Å². The van der Waals surface area contributed by atoms with Gasteiger partial charge in [-0.2, -0.15) is 0 Å². The van der Waals surface area contributed by atoms with Crippen LogP contribution < -0.4 is 10.1 Å². The Hall–Kier alpha value is -3.73. The van der Waals surface area contributed by atoms with Crippen molar-refractivity contribution in [3.63, 3.8) is 0 Å². The Balaban J connectivity index is 1.37. The highest BCUT2D eigenvalue weighted by Gasteiger charge is 2.23. The van der Waals surface area contributed by atoms with Gasteiger partial charge in [0.1, 0.15) is 32.5 Å². The molecule has 5 aromatic rings. The number of ether oxygens (including phenoxy) is 2. The van der Waals surface area contributed by atoms with Gasteiger partial charge in [-0.3, -0.25) is 4.79 Å². The fourth-order valence-electron chi connectivity index (χ4n) is 3.92. The summed E-state index contributed by atoms with van der Waals surface area (Å²) in [5.41, 5.74) is 4.01. The molecule has 3 heterocycles. The molecule has 38 heavy (non-hydrogen) atoms. The van der Waals surface area contributed by atoms with E-state index in [1.807, 2.05) is 65.4 Å². The highest BCUT2D eigenvalue weighted by Crippen LogP contribution is 2.39. The van der Waals surface area contributed by atoms with Crippen molar-refractivity contribution in [1.82, 2.24) is 9.97 Å². The van der Waals surface area contributed by atoms with Crippen LogP contribution >= 0.6 is 34.4 Å². The van der Waals surface area contributed by atoms with Crippen LogP contribution in [0.25, 0.3) is 32.5 Å². The molecule has 0 aliphatic rings. The van der Waals surface area contributed by atoms with E-state index < -0.39 is 5.97 Å². The molecule has 1 N–H and O–H groups in total. The summed E-state index contributed by atoms with van der Waals surface area (Å²) in [5, 5.41) is 8.93. The van der Waals surface area contributed by atoms with Crippen molar-refractivity contribution in [3.05, 3.63) is 77.2 Å². The predicted molar refractivity (Wildman–Crippen MR) is 154 cm³/mol. The Morgan fingerprint density at radius 1 is 0.947 bits per heavy atom. The van der Waals surface area contributed by atoms with Crippen molar-refractivity contribution in [3.8, 4) is 28.0 Å². The van der Waals surface area contributed by atoms with Gasteiger partial charge in [-0.15, -0.1) is 22.7 Å². The van der Waals surface area contributed by atoms with Crippen LogP contribution in [0.4, 0.5) is 5.00 Å². The molecule has 0 bridgehead atoms. The van der Waals surface area contributed by atoms with Crippen molar-refractivity contribution in [2.24, 2.45) is 0 Å². The minimum Gasteiger partial charge on any atom is -0.497 e. The maximum Gasteiger partial charge on any atom is 0.341 e. The molecule has 7 nitrogen and oxygen atoms in total. The van der Waals surface area contributed by atoms with Gasteiger partial charge in [0.25, 0.3) is 0 Å². The Morgan fingerprint density at radius 3 is 2.42 bits per heavy atom. The molecular formula is C28H23N3O4S3. The van der Waals surface area contributed by atoms with Gasteiger partial charge in [0.15, 0.2) is 0 Å². The molecule has 0 unspecified atom stereocenters. The number of benzene rings is 2. The smallest absolute Gasteiger partial charge is 0.341 e. The van der Waals surface area contributed by atoms with Gasteiger partial charge in [0.05, 0.1) is 24.9 Å². The maximum atomic E-state index is 13.0. The molecule has 5 rings (SSSR count). The van der Waals surface area contributed by atoms with E-state index >= 15 is 0 Å². The highest BCUT2D eigenvalue weighted by atomic mass is 32.2. The van der Waals surface area contributed by atoms with Crippen molar-refractivity contribution in [2.75, 3.05) is 24.8 Å². The average Bonchev–Trinajstić information content (AvgIpc) is 3.57. The van der Waals surface area contributed by atoms with Gasteiger partial charge < -0.3 is 14.8 Å². The van der Waals surface area contributed by atoms with E-state index in [0.29, 0.717) is 10.6 Å². The molecule has 2 aromatic carbocycles. The number of nitrogens with zero attached hydrogens (tertiary/aromatic N) is 2. The second-order valence-electron chi connectivity index (χ2n) is 8.01. The van der Waals surface area contributed by atoms with Gasteiger partial charge in [-0.1, -0.05) is 54.2 Å². The number of esters is 1. The normalized spacial score (nSPS) is 10.9. The second kappa shape index (κ2) is 11.8. The number of anilines is 1. The molecule has 3 aromatic heterocycles. The first-order valence-corrected chi connectivity index (χ1v) is 14.5. The lowest BCUT2D eigenvalue weighted by molar-refractivity contribution is -0.113. The van der Waals surface area contributed by atoms with Crippen molar-refractivity contribution in [1.29, 1.82) is 0 Å². The number of carbonyl (C=O) groups is 2. The number of hydrogen-bond donors (Lipinski definition) is 1. The molecule has 0 fully saturated rings. The monoisotopic (exact) mass is 561 g/mol. The number of amides is 1. The minimum atomic E-state index is -0.463. The Kier molecular flexibility index (Phi) is 8.02. The first-order chi connectivity index (χ1) is 18.6. The van der Waals surface area contributed by atoms with Gasteiger partial charge in [-0.05, 0) is 30.2 Å². The number of thioether (sulfide) groups is 1. The summed E-state index contributed by atoms with van der Waals surface area (Å²) in [6.07, 6.45) is 1.52. The van der Waals surface area contributed by atoms with Crippen LogP contribution in [-0.4, -0.2) is 41.3 Å². The predicted octanol–water partition coefficient (Wildman–Crippen LogP) is 7.00. The number of thiophene rings is 2. The first kappa shape index (κ1) is 25.9. The SMILES string of the molecule is CCOC(=O)c1c(-c2ccccc2)csc1NC(=O)CSc1ncnc2scc(-c3ccc(OC)cc3)c12. The third-order valence-electron chi connectivity index (χ3n) is 5.68. The number of fused-ring (bicyclic) bond motifs is 1. The largest absolute Gasteiger partial charge is 0.497 e. The number of nitrogens with one attached hydrogen (secondary N) is 1. The van der Waals surface area contributed by atoms with Gasteiger partial charge >= 0.3 is 5.97 Å². The van der Waals surface area contributed by atoms with E-state index in [1.165, 1.54) is 40.8 Å². The van der Waals surface area contributed by atoms with Crippen LogP contribution in [0.2, 0.25) is 0 Å². The number of carbonyl (C=O) groups excluding carboxylic acids is 2. The van der Waals surface area contributed by atoms with E-state index in [2.05, 4.69) is 15.3 Å². The van der Waals surface area contributed by atoms with E-state index in [9.17, 15) is 9.59 Å². The number of aromatic nitrogens is 2. The molecule has 10 heteroatoms. The second-order valence-corrected chi connectivity index (χ2v) is 10.7. The quantitative estimate of drug-likeness (QED) is 0.118. The molecule has 1 amide bonds. The van der Waals surface area contributed by atoms with Gasteiger partial charge in [0, 0.05) is 21.9 Å². The highest BCUT2D eigenvalue weighted by molar-refractivity contribution is 8.00. The first-order valence-electron chi connectivity index (χ1n) is 11.7. The topological polar surface area (TPSA) is 90.4 Å². The summed E-state index contributed by atoms with van der Waals surface area (Å²) in [5.74, 6) is 0.192. The third-order valence-corrected chi connectivity index (χ3v) is 8.46. The van der Waals surface area contributed by atoms with E-state index in [0.717, 1.165) is 43.2 Å². The van der Waals surface area contributed by atoms with Crippen molar-refractivity contribution < 1.29 is 19.1 Å². The van der Waals surface area contributed by atoms with Crippen molar-refractivity contribution >= 4 is 61.5 Å². The van der Waals surface area contributed by atoms with Crippen LogP contribution in [0.5, 0.6) is 5.75 Å². The van der Waals surface area contributed by atoms with E-state index in [1.54, 1.807) is 14.0 Å². The third kappa shape index (κ3) is 5.42. The summed E-state index contributed by atoms with van der Waals surface area (Å²) in [4.78, 5) is 35.6. The standard InChI is InChI=1S/C28H23N3O4S3/c1-3-35-28(33)24-21(17-7-5-4-6-8-17)14-37-27(24)31-22(32)15-38-26-23-20(13-36-25(23)29-16-30-26)18-9-11-19(34-2)12-10-18/h4-14,16H,3,15H2,1-2H3,(H,31,32). The van der Waals surface area contributed by atoms with Crippen LogP contribution in [0.1, 0.15) is 17.3 Å². The molecule has 0 aliphatic carbocycles. The Bertz CT molecular complexity index is 1580. The molecule has 192 valence electrons. The molecular weight excluding hydrogens is 539 g/mol. The molecule has 0 saturated heterocycles. The zero-order chi connectivity index (χ0) is 26.5. The minimum absolute atomic E-state index is 0.116. The number of hydrogen-bond acceptors (Lipinski definition) is 9. The van der Waals surface area contributed by atoms with E-state index in [4.69, 9.17) is 9.47 Å². The fourth-order valence-corrected chi connectivity index (χ4v) is 6.69. The lowest BCUT2D eigenvalue weighted by atomic mass is 10.0. The van der Waals surface area contributed by atoms with Crippen LogP contribution in [0.3, 0.4) is 0 Å². The van der Waals surface area contributed by atoms with Crippen LogP contribution in [-0.2, 0) is 9.53 Å². The summed E-state index contributed by atoms with van der Waals surface area (Å²) in [6, 6.07) is 17.4. The molecule has 0 saturated carbocycles. The van der Waals surface area contributed by atoms with Crippen molar-refractivity contribution in [2.45, 2.75) is 11.9 Å². The van der Waals surface area contributed by atoms with Crippen LogP contribution in [0, 0.1) is 0 Å². The van der Waals surface area contributed by atoms with Gasteiger partial charge in [0.2, 0.25) is 5.91 Å². The molecule has 0 atom stereocenters. The van der Waals surface area contributed by atoms with Crippen LogP contribution in [0.15, 0.2) is 76.7 Å². The number of rotatable bonds is 9. The lowest BCUT2D eigenvalue weighted by Gasteiger charge is -2.09. The maximum absolute atomic E-state index is 13.0. The summed E-state index contributed by atoms with van der Waals surface area (Å²) >= 11 is 4.17. The fraction of sp³-hybridized carbons (Fsp3) is 0.143. The van der Waals surface area contributed by atoms with E-state index in [-0.39, 0.29) is 18.3 Å². The molecule has 0 spiro atoms. The lowest BCUT2D eigenvalue weighted by Crippen LogP contribution is -2.16. The summed E-state index contributed by atoms with van der Waals surface area (Å²) < 4.78 is 10.6.